The van der Waals surface area contributed by atoms with E-state index in [1.807, 2.05) is 0 Å². The molecule has 0 fully saturated rings. The zero-order chi connectivity index (χ0) is 15.1. The topological polar surface area (TPSA) is 93.2 Å². The van der Waals surface area contributed by atoms with Crippen LogP contribution in [0.5, 0.6) is 0 Å². The third kappa shape index (κ3) is 4.27. The first-order valence-corrected chi connectivity index (χ1v) is 6.30. The van der Waals surface area contributed by atoms with Crippen LogP contribution in [-0.4, -0.2) is 28.6 Å². The quantitative estimate of drug-likeness (QED) is 0.841. The van der Waals surface area contributed by atoms with Crippen LogP contribution in [-0.2, 0) is 4.74 Å². The Labute approximate surface area is 121 Å². The maximum atomic E-state index is 11.7. The van der Waals surface area contributed by atoms with Gasteiger partial charge in [-0.3, -0.25) is 10.3 Å². The summed E-state index contributed by atoms with van der Waals surface area (Å²) in [5, 5.41) is 5.15. The van der Waals surface area contributed by atoms with Gasteiger partial charge in [-0.1, -0.05) is 0 Å². The molecule has 0 atom stereocenters. The van der Waals surface area contributed by atoms with E-state index in [4.69, 9.17) is 4.74 Å². The molecule has 0 saturated heterocycles. The first-order valence-electron chi connectivity index (χ1n) is 6.30. The molecule has 2 rings (SSSR count). The van der Waals surface area contributed by atoms with Crippen molar-refractivity contribution in [3.05, 3.63) is 48.4 Å². The second-order valence-corrected chi connectivity index (χ2v) is 3.97. The fraction of sp³-hybridized carbons (Fsp3) is 0.143. The van der Waals surface area contributed by atoms with Crippen molar-refractivity contribution in [3.63, 3.8) is 0 Å². The lowest BCUT2D eigenvalue weighted by Gasteiger charge is -2.07. The van der Waals surface area contributed by atoms with Crippen LogP contribution in [0, 0.1) is 0 Å². The molecule has 7 nitrogen and oxygen atoms in total. The smallest absolute Gasteiger partial charge is 0.338 e. The third-order valence-corrected chi connectivity index (χ3v) is 2.46. The van der Waals surface area contributed by atoms with E-state index >= 15 is 0 Å². The molecule has 1 aromatic carbocycles. The predicted octanol–water partition coefficient (Wildman–Crippen LogP) is 2.30. The Morgan fingerprint density at radius 1 is 1.14 bits per heavy atom. The summed E-state index contributed by atoms with van der Waals surface area (Å²) in [6.45, 7) is 2.06. The summed E-state index contributed by atoms with van der Waals surface area (Å²) in [5.41, 5.74) is 0.973. The lowest BCUT2D eigenvalue weighted by Crippen LogP contribution is -2.20. The lowest BCUT2D eigenvalue weighted by atomic mass is 10.2. The first-order chi connectivity index (χ1) is 10.2. The molecule has 0 aliphatic carbocycles. The number of urea groups is 1. The van der Waals surface area contributed by atoms with Gasteiger partial charge < -0.3 is 10.1 Å². The van der Waals surface area contributed by atoms with Gasteiger partial charge in [0.1, 0.15) is 0 Å². The number of carbonyl (C=O) groups excluding carboxylic acids is 2. The van der Waals surface area contributed by atoms with Crippen LogP contribution in [0.15, 0.2) is 42.9 Å². The van der Waals surface area contributed by atoms with E-state index in [1.165, 1.54) is 18.6 Å². The average Bonchev–Trinajstić information content (AvgIpc) is 2.49. The Morgan fingerprint density at radius 3 is 2.52 bits per heavy atom. The molecule has 0 aliphatic heterocycles. The van der Waals surface area contributed by atoms with Gasteiger partial charge in [-0.2, -0.15) is 0 Å². The lowest BCUT2D eigenvalue weighted by molar-refractivity contribution is 0.0526. The molecule has 108 valence electrons. The summed E-state index contributed by atoms with van der Waals surface area (Å²) >= 11 is 0. The summed E-state index contributed by atoms with van der Waals surface area (Å²) in [4.78, 5) is 31.0. The van der Waals surface area contributed by atoms with Gasteiger partial charge in [0.25, 0.3) is 0 Å². The van der Waals surface area contributed by atoms with Gasteiger partial charge in [0.05, 0.1) is 18.4 Å². The maximum absolute atomic E-state index is 11.7. The number of hydrogen-bond donors (Lipinski definition) is 2. The number of carbonyl (C=O) groups is 2. The Morgan fingerprint density at radius 2 is 1.90 bits per heavy atom. The van der Waals surface area contributed by atoms with Crippen molar-refractivity contribution in [2.45, 2.75) is 6.92 Å². The average molecular weight is 286 g/mol. The van der Waals surface area contributed by atoms with Gasteiger partial charge in [0.15, 0.2) is 5.82 Å². The predicted molar refractivity (Wildman–Crippen MR) is 77.1 cm³/mol. The Hall–Kier alpha value is -2.96. The maximum Gasteiger partial charge on any atom is 0.338 e. The Kier molecular flexibility index (Phi) is 4.81. The van der Waals surface area contributed by atoms with Crippen molar-refractivity contribution < 1.29 is 14.3 Å². The van der Waals surface area contributed by atoms with Gasteiger partial charge in [-0.05, 0) is 31.2 Å². The number of amides is 2. The number of anilines is 2. The third-order valence-electron chi connectivity index (χ3n) is 2.46. The summed E-state index contributed by atoms with van der Waals surface area (Å²) in [6, 6.07) is 5.94. The van der Waals surface area contributed by atoms with E-state index < -0.39 is 12.0 Å². The molecule has 0 aliphatic rings. The number of aromatic nitrogens is 2. The number of nitrogens with one attached hydrogen (secondary N) is 2. The highest BCUT2D eigenvalue weighted by molar-refractivity contribution is 5.99. The highest BCUT2D eigenvalue weighted by Gasteiger charge is 2.07. The van der Waals surface area contributed by atoms with Crippen LogP contribution >= 0.6 is 0 Å². The van der Waals surface area contributed by atoms with E-state index in [1.54, 1.807) is 31.2 Å². The second-order valence-electron chi connectivity index (χ2n) is 3.97. The number of rotatable bonds is 4. The van der Waals surface area contributed by atoms with E-state index in [9.17, 15) is 9.59 Å². The molecule has 0 unspecified atom stereocenters. The minimum absolute atomic E-state index is 0.319. The van der Waals surface area contributed by atoms with Crippen LogP contribution in [0.3, 0.4) is 0 Å². The van der Waals surface area contributed by atoms with E-state index in [-0.39, 0.29) is 0 Å². The van der Waals surface area contributed by atoms with Gasteiger partial charge in [0, 0.05) is 18.1 Å². The van der Waals surface area contributed by atoms with Crippen LogP contribution in [0.25, 0.3) is 0 Å². The van der Waals surface area contributed by atoms with Gasteiger partial charge in [0.2, 0.25) is 0 Å². The zero-order valence-corrected chi connectivity index (χ0v) is 11.4. The second kappa shape index (κ2) is 6.99. The molecule has 2 N–H and O–H groups in total. The standard InChI is InChI=1S/C14H14N4O3/c1-2-21-13(19)10-3-5-11(6-4-10)17-14(20)18-12-9-15-7-8-16-12/h3-9H,2H2,1H3,(H2,16,17,18,20). The van der Waals surface area contributed by atoms with Gasteiger partial charge in [-0.15, -0.1) is 0 Å². The largest absolute Gasteiger partial charge is 0.462 e. The highest BCUT2D eigenvalue weighted by Crippen LogP contribution is 2.11. The molecule has 1 heterocycles. The zero-order valence-electron chi connectivity index (χ0n) is 11.4. The summed E-state index contributed by atoms with van der Waals surface area (Å²) in [6.07, 6.45) is 4.42. The number of esters is 1. The van der Waals surface area contributed by atoms with Crippen LogP contribution in [0.1, 0.15) is 17.3 Å². The van der Waals surface area contributed by atoms with E-state index in [0.717, 1.165) is 0 Å². The highest BCUT2D eigenvalue weighted by atomic mass is 16.5. The van der Waals surface area contributed by atoms with Gasteiger partial charge in [-0.25, -0.2) is 14.6 Å². The number of ether oxygens (including phenoxy) is 1. The van der Waals surface area contributed by atoms with Gasteiger partial charge >= 0.3 is 12.0 Å². The molecule has 0 bridgehead atoms. The molecule has 7 heteroatoms. The molecule has 2 aromatic rings. The molecule has 2 amide bonds. The van der Waals surface area contributed by atoms with Crippen molar-refractivity contribution in [3.8, 4) is 0 Å². The molecule has 0 spiro atoms. The molecule has 0 saturated carbocycles. The first kappa shape index (κ1) is 14.4. The Bertz CT molecular complexity index is 614. The van der Waals surface area contributed by atoms with E-state index in [0.29, 0.717) is 23.7 Å². The van der Waals surface area contributed by atoms with Crippen molar-refractivity contribution in [2.75, 3.05) is 17.2 Å². The fourth-order valence-corrected chi connectivity index (χ4v) is 1.55. The monoisotopic (exact) mass is 286 g/mol. The van der Waals surface area contributed by atoms with Crippen molar-refractivity contribution in [1.82, 2.24) is 9.97 Å². The molecule has 0 radical (unpaired) electrons. The Balaban J connectivity index is 1.94. The van der Waals surface area contributed by atoms with Crippen molar-refractivity contribution >= 4 is 23.5 Å². The SMILES string of the molecule is CCOC(=O)c1ccc(NC(=O)Nc2cnccn2)cc1. The van der Waals surface area contributed by atoms with Crippen LogP contribution < -0.4 is 10.6 Å². The van der Waals surface area contributed by atoms with Crippen molar-refractivity contribution in [2.24, 2.45) is 0 Å². The normalized spacial score (nSPS) is 9.76. The number of hydrogen-bond acceptors (Lipinski definition) is 5. The van der Waals surface area contributed by atoms with Crippen LogP contribution in [0.4, 0.5) is 16.3 Å². The number of benzene rings is 1. The van der Waals surface area contributed by atoms with Crippen molar-refractivity contribution in [1.29, 1.82) is 0 Å². The molecular weight excluding hydrogens is 272 g/mol. The van der Waals surface area contributed by atoms with Crippen LogP contribution in [0.2, 0.25) is 0 Å². The molecule has 21 heavy (non-hydrogen) atoms. The molecular formula is C14H14N4O3. The fourth-order valence-electron chi connectivity index (χ4n) is 1.55. The minimum Gasteiger partial charge on any atom is -0.462 e. The summed E-state index contributed by atoms with van der Waals surface area (Å²) in [7, 11) is 0. The molecule has 1 aromatic heterocycles. The minimum atomic E-state index is -0.445. The number of nitrogens with zero attached hydrogens (tertiary/aromatic N) is 2. The summed E-state index contributed by atoms with van der Waals surface area (Å²) < 4.78 is 4.87. The summed E-state index contributed by atoms with van der Waals surface area (Å²) in [5.74, 6) is -0.0498. The van der Waals surface area contributed by atoms with E-state index in [2.05, 4.69) is 20.6 Å².